The van der Waals surface area contributed by atoms with Crippen LogP contribution >= 0.6 is 0 Å². The molecule has 2 aromatic heterocycles. The monoisotopic (exact) mass is 474 g/mol. The summed E-state index contributed by atoms with van der Waals surface area (Å²) in [5, 5.41) is 19.0. The number of nitrogens with zero attached hydrogens (tertiary/aromatic N) is 3. The largest absolute Gasteiger partial charge is 0.355 e. The fraction of sp³-hybridized carbons (Fsp3) is 0. The van der Waals surface area contributed by atoms with E-state index < -0.39 is 11.7 Å². The molecule has 0 aliphatic carbocycles. The Bertz CT molecular complexity index is 1600. The number of benzene rings is 3. The number of halogens is 1. The molecule has 0 spiro atoms. The van der Waals surface area contributed by atoms with E-state index in [-0.39, 0.29) is 5.69 Å². The number of carbonyl (C=O) groups is 1. The smallest absolute Gasteiger partial charge is 0.255 e. The van der Waals surface area contributed by atoms with E-state index >= 15 is 0 Å². The number of fused-ring (bicyclic) bond motifs is 1. The lowest BCUT2D eigenvalue weighted by Gasteiger charge is -2.12. The maximum atomic E-state index is 14.6. The Morgan fingerprint density at radius 2 is 1.53 bits per heavy atom. The summed E-state index contributed by atoms with van der Waals surface area (Å²) in [6.45, 7) is 0. The molecule has 0 aliphatic heterocycles. The van der Waals surface area contributed by atoms with Crippen LogP contribution in [0.15, 0.2) is 97.5 Å². The van der Waals surface area contributed by atoms with Crippen LogP contribution in [0.1, 0.15) is 15.9 Å². The number of nitriles is 1. The molecule has 3 N–H and O–H groups in total. The predicted molar refractivity (Wildman–Crippen MR) is 138 cm³/mol. The van der Waals surface area contributed by atoms with Gasteiger partial charge in [-0.2, -0.15) is 5.26 Å². The van der Waals surface area contributed by atoms with E-state index in [9.17, 15) is 14.4 Å². The molecule has 174 valence electrons. The highest BCUT2D eigenvalue weighted by molar-refractivity contribution is 6.04. The highest BCUT2D eigenvalue weighted by Crippen LogP contribution is 2.27. The molecule has 0 saturated carbocycles. The minimum atomic E-state index is -0.554. The van der Waals surface area contributed by atoms with E-state index in [2.05, 4.69) is 32.0 Å². The van der Waals surface area contributed by atoms with Crippen molar-refractivity contribution in [1.29, 1.82) is 5.26 Å². The van der Waals surface area contributed by atoms with E-state index in [4.69, 9.17) is 0 Å². The summed E-state index contributed by atoms with van der Waals surface area (Å²) in [7, 11) is 0. The van der Waals surface area contributed by atoms with E-state index in [0.717, 1.165) is 28.0 Å². The van der Waals surface area contributed by atoms with Crippen LogP contribution in [0.5, 0.6) is 0 Å². The zero-order valence-corrected chi connectivity index (χ0v) is 18.9. The maximum Gasteiger partial charge on any atom is 0.255 e. The van der Waals surface area contributed by atoms with E-state index in [0.29, 0.717) is 16.8 Å². The van der Waals surface area contributed by atoms with Crippen LogP contribution in [0.2, 0.25) is 0 Å². The van der Waals surface area contributed by atoms with Crippen LogP contribution in [0.3, 0.4) is 0 Å². The van der Waals surface area contributed by atoms with Gasteiger partial charge in [-0.15, -0.1) is 0 Å². The van der Waals surface area contributed by atoms with Gasteiger partial charge in [0, 0.05) is 52.3 Å². The van der Waals surface area contributed by atoms with Crippen molar-refractivity contribution in [1.82, 2.24) is 9.97 Å². The highest BCUT2D eigenvalue weighted by atomic mass is 19.1. The maximum absolute atomic E-state index is 14.6. The minimum absolute atomic E-state index is 0.0824. The first-order valence-electron chi connectivity index (χ1n) is 11.0. The lowest BCUT2D eigenvalue weighted by Crippen LogP contribution is -2.13. The molecule has 0 saturated heterocycles. The number of rotatable bonds is 6. The molecule has 1 amide bonds. The zero-order valence-electron chi connectivity index (χ0n) is 18.9. The van der Waals surface area contributed by atoms with E-state index in [1.807, 2.05) is 6.07 Å². The number of anilines is 5. The van der Waals surface area contributed by atoms with Crippen molar-refractivity contribution >= 4 is 45.2 Å². The number of aromatic nitrogens is 2. The molecule has 8 heteroatoms. The van der Waals surface area contributed by atoms with E-state index in [1.165, 1.54) is 12.1 Å². The Morgan fingerprint density at radius 3 is 2.28 bits per heavy atom. The summed E-state index contributed by atoms with van der Waals surface area (Å²) in [5.74, 6) is -0.981. The number of pyridine rings is 2. The lowest BCUT2D eigenvalue weighted by atomic mass is 10.1. The summed E-state index contributed by atoms with van der Waals surface area (Å²) < 4.78 is 14.6. The average Bonchev–Trinajstić information content (AvgIpc) is 2.91. The summed E-state index contributed by atoms with van der Waals surface area (Å²) in [4.78, 5) is 21.0. The number of amides is 1. The Labute approximate surface area is 206 Å². The summed E-state index contributed by atoms with van der Waals surface area (Å²) in [6, 6.07) is 24.1. The van der Waals surface area contributed by atoms with Crippen molar-refractivity contribution in [2.24, 2.45) is 0 Å². The Kier molecular flexibility index (Phi) is 6.19. The third kappa shape index (κ3) is 4.95. The van der Waals surface area contributed by atoms with Gasteiger partial charge in [0.05, 0.1) is 22.8 Å². The SMILES string of the molecule is N#Cc1ccc2nccc(Nc3ccc(C(=O)Nc4ccc(Nc5ccncc5)cc4F)cc3)c2c1. The summed E-state index contributed by atoms with van der Waals surface area (Å²) >= 11 is 0. The molecule has 3 aromatic carbocycles. The van der Waals surface area contributed by atoms with Gasteiger partial charge in [-0.3, -0.25) is 14.8 Å². The minimum Gasteiger partial charge on any atom is -0.355 e. The van der Waals surface area contributed by atoms with Crippen LogP contribution in [0, 0.1) is 17.1 Å². The second kappa shape index (κ2) is 9.91. The molecule has 0 radical (unpaired) electrons. The van der Waals surface area contributed by atoms with Gasteiger partial charge in [0.25, 0.3) is 5.91 Å². The van der Waals surface area contributed by atoms with Crippen molar-refractivity contribution in [2.75, 3.05) is 16.0 Å². The molecule has 7 nitrogen and oxygen atoms in total. The van der Waals surface area contributed by atoms with Gasteiger partial charge in [0.2, 0.25) is 0 Å². The number of hydrogen-bond donors (Lipinski definition) is 3. The molecule has 2 heterocycles. The lowest BCUT2D eigenvalue weighted by molar-refractivity contribution is 0.102. The van der Waals surface area contributed by atoms with Crippen molar-refractivity contribution in [3.63, 3.8) is 0 Å². The van der Waals surface area contributed by atoms with Gasteiger partial charge in [-0.05, 0) is 78.9 Å². The Balaban J connectivity index is 1.28. The van der Waals surface area contributed by atoms with Crippen molar-refractivity contribution in [3.05, 3.63) is 114 Å². The molecule has 0 bridgehead atoms. The standard InChI is InChI=1S/C28H19FN6O/c29-24-16-22(33-21-9-12-31-13-10-21)6-8-27(24)35-28(36)19-2-4-20(5-3-19)34-26-11-14-32-25-7-1-18(17-30)15-23(25)26/h1-16H,(H,31,33)(H,32,34)(H,35,36). The number of carbonyl (C=O) groups excluding carboxylic acids is 1. The first-order valence-corrected chi connectivity index (χ1v) is 11.0. The topological polar surface area (TPSA) is 103 Å². The third-order valence-corrected chi connectivity index (χ3v) is 5.48. The summed E-state index contributed by atoms with van der Waals surface area (Å²) in [5.41, 5.74) is 4.64. The van der Waals surface area contributed by atoms with Crippen molar-refractivity contribution in [3.8, 4) is 6.07 Å². The first kappa shape index (κ1) is 22.5. The molecular weight excluding hydrogens is 455 g/mol. The fourth-order valence-corrected chi connectivity index (χ4v) is 3.68. The van der Waals surface area contributed by atoms with Gasteiger partial charge in [0.15, 0.2) is 0 Å². The fourth-order valence-electron chi connectivity index (χ4n) is 3.68. The summed E-state index contributed by atoms with van der Waals surface area (Å²) in [6.07, 6.45) is 4.96. The molecule has 36 heavy (non-hydrogen) atoms. The third-order valence-electron chi connectivity index (χ3n) is 5.48. The molecular formula is C28H19FN6O. The molecule has 5 rings (SSSR count). The average molecular weight is 474 g/mol. The quantitative estimate of drug-likeness (QED) is 0.264. The van der Waals surface area contributed by atoms with Gasteiger partial charge < -0.3 is 16.0 Å². The second-order valence-corrected chi connectivity index (χ2v) is 7.91. The number of nitrogens with one attached hydrogen (secondary N) is 3. The van der Waals surface area contributed by atoms with Crippen molar-refractivity contribution in [2.45, 2.75) is 0 Å². The van der Waals surface area contributed by atoms with Gasteiger partial charge >= 0.3 is 0 Å². The normalized spacial score (nSPS) is 10.4. The molecule has 0 fully saturated rings. The van der Waals surface area contributed by atoms with Crippen LogP contribution in [-0.4, -0.2) is 15.9 Å². The predicted octanol–water partition coefficient (Wildman–Crippen LogP) is 6.38. The molecule has 0 aliphatic rings. The second-order valence-electron chi connectivity index (χ2n) is 7.91. The zero-order chi connectivity index (χ0) is 24.9. The van der Waals surface area contributed by atoms with E-state index in [1.54, 1.807) is 79.3 Å². The molecule has 0 unspecified atom stereocenters. The number of hydrogen-bond acceptors (Lipinski definition) is 6. The Morgan fingerprint density at radius 1 is 0.778 bits per heavy atom. The van der Waals surface area contributed by atoms with Crippen molar-refractivity contribution < 1.29 is 9.18 Å². The first-order chi connectivity index (χ1) is 17.6. The van der Waals surface area contributed by atoms with Gasteiger partial charge in [0.1, 0.15) is 5.82 Å². The highest BCUT2D eigenvalue weighted by Gasteiger charge is 2.11. The molecule has 5 aromatic rings. The van der Waals surface area contributed by atoms with Crippen LogP contribution in [-0.2, 0) is 0 Å². The molecule has 0 atom stereocenters. The van der Waals surface area contributed by atoms with Crippen LogP contribution in [0.25, 0.3) is 10.9 Å². The van der Waals surface area contributed by atoms with Gasteiger partial charge in [-0.1, -0.05) is 0 Å². The Hall–Kier alpha value is -5.29. The van der Waals surface area contributed by atoms with Crippen LogP contribution in [0.4, 0.5) is 32.8 Å². The van der Waals surface area contributed by atoms with Crippen LogP contribution < -0.4 is 16.0 Å². The van der Waals surface area contributed by atoms with Gasteiger partial charge in [-0.25, -0.2) is 4.39 Å².